The number of likely N-dealkylation sites (N-methyl/N-ethyl adjacent to an activating group) is 1. The molecule has 4 heteroatoms. The van der Waals surface area contributed by atoms with Crippen molar-refractivity contribution in [3.05, 3.63) is 63.6 Å². The van der Waals surface area contributed by atoms with Gasteiger partial charge in [0.2, 0.25) is 0 Å². The summed E-state index contributed by atoms with van der Waals surface area (Å²) in [6.07, 6.45) is 0.924. The van der Waals surface area contributed by atoms with E-state index in [-0.39, 0.29) is 6.04 Å². The largest absolute Gasteiger partial charge is 0.492 e. The second kappa shape index (κ2) is 8.42. The zero-order valence-corrected chi connectivity index (χ0v) is 14.3. The molecule has 0 aliphatic heterocycles. The first kappa shape index (κ1) is 16.3. The van der Waals surface area contributed by atoms with Crippen molar-refractivity contribution in [3.8, 4) is 5.75 Å². The van der Waals surface area contributed by atoms with E-state index in [0.29, 0.717) is 11.6 Å². The minimum atomic E-state index is 0.267. The smallest absolute Gasteiger partial charge is 0.120 e. The van der Waals surface area contributed by atoms with Crippen LogP contribution in [0.2, 0.25) is 5.02 Å². The van der Waals surface area contributed by atoms with Crippen LogP contribution in [-0.4, -0.2) is 19.2 Å². The van der Waals surface area contributed by atoms with E-state index in [0.717, 1.165) is 23.2 Å². The summed E-state index contributed by atoms with van der Waals surface area (Å²) in [5.41, 5.74) is 1.28. The van der Waals surface area contributed by atoms with Gasteiger partial charge in [-0.25, -0.2) is 0 Å². The summed E-state index contributed by atoms with van der Waals surface area (Å²) >= 11 is 9.48. The normalized spacial score (nSPS) is 12.1. The van der Waals surface area contributed by atoms with Gasteiger partial charge in [-0.3, -0.25) is 0 Å². The van der Waals surface area contributed by atoms with E-state index in [1.807, 2.05) is 30.3 Å². The second-order valence-electron chi connectivity index (χ2n) is 4.86. The van der Waals surface area contributed by atoms with Gasteiger partial charge < -0.3 is 10.1 Å². The zero-order chi connectivity index (χ0) is 15.1. The highest BCUT2D eigenvalue weighted by molar-refractivity contribution is 9.10. The van der Waals surface area contributed by atoms with Crippen molar-refractivity contribution in [2.75, 3.05) is 13.2 Å². The SMILES string of the molecule is CCNC(COc1cccc(Cl)c1)Cc1cccc(Br)c1. The summed E-state index contributed by atoms with van der Waals surface area (Å²) in [6, 6.07) is 16.1. The summed E-state index contributed by atoms with van der Waals surface area (Å²) in [5, 5.41) is 4.16. The maximum Gasteiger partial charge on any atom is 0.120 e. The third-order valence-electron chi connectivity index (χ3n) is 3.11. The third-order valence-corrected chi connectivity index (χ3v) is 3.84. The number of hydrogen-bond donors (Lipinski definition) is 1. The maximum atomic E-state index is 5.97. The molecule has 0 fully saturated rings. The number of hydrogen-bond acceptors (Lipinski definition) is 2. The lowest BCUT2D eigenvalue weighted by Crippen LogP contribution is -2.36. The molecular weight excluding hydrogens is 350 g/mol. The van der Waals surface area contributed by atoms with Crippen molar-refractivity contribution in [2.24, 2.45) is 0 Å². The monoisotopic (exact) mass is 367 g/mol. The molecule has 1 N–H and O–H groups in total. The van der Waals surface area contributed by atoms with Gasteiger partial charge in [0.15, 0.2) is 0 Å². The topological polar surface area (TPSA) is 21.3 Å². The van der Waals surface area contributed by atoms with Gasteiger partial charge in [-0.1, -0.05) is 52.7 Å². The van der Waals surface area contributed by atoms with E-state index >= 15 is 0 Å². The molecule has 2 aromatic carbocycles. The Balaban J connectivity index is 1.95. The molecule has 1 unspecified atom stereocenters. The Bertz CT molecular complexity index is 576. The number of ether oxygens (including phenoxy) is 1. The molecule has 0 bridgehead atoms. The summed E-state index contributed by atoms with van der Waals surface area (Å²) in [5.74, 6) is 0.805. The Hall–Kier alpha value is -1.03. The highest BCUT2D eigenvalue weighted by Gasteiger charge is 2.10. The molecule has 0 radical (unpaired) electrons. The average Bonchev–Trinajstić information content (AvgIpc) is 2.45. The van der Waals surface area contributed by atoms with Crippen molar-refractivity contribution in [1.82, 2.24) is 5.32 Å². The molecule has 21 heavy (non-hydrogen) atoms. The molecule has 2 rings (SSSR count). The second-order valence-corrected chi connectivity index (χ2v) is 6.21. The zero-order valence-electron chi connectivity index (χ0n) is 12.0. The van der Waals surface area contributed by atoms with Crippen LogP contribution in [0.5, 0.6) is 5.75 Å². The molecule has 0 saturated heterocycles. The lowest BCUT2D eigenvalue weighted by atomic mass is 10.1. The fraction of sp³-hybridized carbons (Fsp3) is 0.294. The van der Waals surface area contributed by atoms with Crippen LogP contribution in [0.15, 0.2) is 53.0 Å². The van der Waals surface area contributed by atoms with Crippen LogP contribution in [-0.2, 0) is 6.42 Å². The van der Waals surface area contributed by atoms with Crippen molar-refractivity contribution in [2.45, 2.75) is 19.4 Å². The number of rotatable bonds is 7. The predicted octanol–water partition coefficient (Wildman–Crippen LogP) is 4.70. The van der Waals surface area contributed by atoms with Crippen LogP contribution >= 0.6 is 27.5 Å². The molecule has 0 aromatic heterocycles. The Morgan fingerprint density at radius 1 is 1.19 bits per heavy atom. The Labute approximate surface area is 139 Å². The van der Waals surface area contributed by atoms with E-state index in [9.17, 15) is 0 Å². The van der Waals surface area contributed by atoms with Crippen molar-refractivity contribution in [1.29, 1.82) is 0 Å². The van der Waals surface area contributed by atoms with E-state index in [1.165, 1.54) is 5.56 Å². The highest BCUT2D eigenvalue weighted by Crippen LogP contribution is 2.18. The summed E-state index contributed by atoms with van der Waals surface area (Å²) in [7, 11) is 0. The Kier molecular flexibility index (Phi) is 6.55. The molecule has 0 amide bonds. The molecular formula is C17H19BrClNO. The van der Waals surface area contributed by atoms with E-state index in [4.69, 9.17) is 16.3 Å². The van der Waals surface area contributed by atoms with Crippen LogP contribution in [0.4, 0.5) is 0 Å². The number of benzene rings is 2. The van der Waals surface area contributed by atoms with Crippen molar-refractivity contribution < 1.29 is 4.74 Å². The molecule has 0 spiro atoms. The highest BCUT2D eigenvalue weighted by atomic mass is 79.9. The lowest BCUT2D eigenvalue weighted by Gasteiger charge is -2.19. The van der Waals surface area contributed by atoms with Gasteiger partial charge >= 0.3 is 0 Å². The van der Waals surface area contributed by atoms with Gasteiger partial charge in [0.25, 0.3) is 0 Å². The number of nitrogens with one attached hydrogen (secondary N) is 1. The van der Waals surface area contributed by atoms with Crippen molar-refractivity contribution >= 4 is 27.5 Å². The van der Waals surface area contributed by atoms with Crippen molar-refractivity contribution in [3.63, 3.8) is 0 Å². The van der Waals surface area contributed by atoms with Gasteiger partial charge in [0.05, 0.1) is 0 Å². The minimum Gasteiger partial charge on any atom is -0.492 e. The Morgan fingerprint density at radius 2 is 2.00 bits per heavy atom. The summed E-state index contributed by atoms with van der Waals surface area (Å²) in [6.45, 7) is 3.63. The van der Waals surface area contributed by atoms with Gasteiger partial charge in [-0.15, -0.1) is 0 Å². The standard InChI is InChI=1S/C17H19BrClNO/c1-2-20-16(10-13-5-3-6-14(18)9-13)12-21-17-8-4-7-15(19)11-17/h3-9,11,16,20H,2,10,12H2,1H3. The van der Waals surface area contributed by atoms with Gasteiger partial charge in [-0.05, 0) is 48.9 Å². The molecule has 0 aliphatic rings. The van der Waals surface area contributed by atoms with E-state index in [2.05, 4.69) is 46.4 Å². The number of halogens is 2. The van der Waals surface area contributed by atoms with Crippen LogP contribution in [0.3, 0.4) is 0 Å². The molecule has 1 atom stereocenters. The van der Waals surface area contributed by atoms with Crippen LogP contribution in [0.1, 0.15) is 12.5 Å². The quantitative estimate of drug-likeness (QED) is 0.764. The molecule has 2 nitrogen and oxygen atoms in total. The molecule has 112 valence electrons. The van der Waals surface area contributed by atoms with Crippen LogP contribution in [0, 0.1) is 0 Å². The predicted molar refractivity (Wildman–Crippen MR) is 92.3 cm³/mol. The minimum absolute atomic E-state index is 0.267. The van der Waals surface area contributed by atoms with E-state index in [1.54, 1.807) is 0 Å². The van der Waals surface area contributed by atoms with E-state index < -0.39 is 0 Å². The molecule has 0 saturated carbocycles. The molecule has 0 aliphatic carbocycles. The Morgan fingerprint density at radius 3 is 2.71 bits per heavy atom. The van der Waals surface area contributed by atoms with Gasteiger partial charge in [0, 0.05) is 15.5 Å². The fourth-order valence-corrected chi connectivity index (χ4v) is 2.81. The first-order valence-electron chi connectivity index (χ1n) is 7.03. The summed E-state index contributed by atoms with van der Waals surface area (Å²) < 4.78 is 6.95. The average molecular weight is 369 g/mol. The summed E-state index contributed by atoms with van der Waals surface area (Å²) in [4.78, 5) is 0. The maximum absolute atomic E-state index is 5.97. The van der Waals surface area contributed by atoms with Gasteiger partial charge in [0.1, 0.15) is 12.4 Å². The lowest BCUT2D eigenvalue weighted by molar-refractivity contribution is 0.265. The fourth-order valence-electron chi connectivity index (χ4n) is 2.18. The third kappa shape index (κ3) is 5.70. The van der Waals surface area contributed by atoms with Crippen LogP contribution < -0.4 is 10.1 Å². The molecule has 2 aromatic rings. The first-order valence-corrected chi connectivity index (χ1v) is 8.20. The molecule has 0 heterocycles. The van der Waals surface area contributed by atoms with Gasteiger partial charge in [-0.2, -0.15) is 0 Å². The van der Waals surface area contributed by atoms with Crippen LogP contribution in [0.25, 0.3) is 0 Å². The first-order chi connectivity index (χ1) is 10.2.